The van der Waals surface area contributed by atoms with E-state index in [1.807, 2.05) is 0 Å². The summed E-state index contributed by atoms with van der Waals surface area (Å²) in [6, 6.07) is 0. The van der Waals surface area contributed by atoms with Gasteiger partial charge in [0.2, 0.25) is 10.0 Å². The van der Waals surface area contributed by atoms with Crippen molar-refractivity contribution in [2.75, 3.05) is 0 Å². The number of hydrogen-bond acceptors (Lipinski definition) is 3. The molecule has 0 aliphatic rings. The molecule has 0 saturated carbocycles. The van der Waals surface area contributed by atoms with Gasteiger partial charge in [-0.2, -0.15) is 18.3 Å². The molecule has 0 atom stereocenters. The molecular weight excluding hydrogens is 247 g/mol. The normalized spacial score (nSPS) is 13.0. The van der Waals surface area contributed by atoms with Crippen molar-refractivity contribution in [2.24, 2.45) is 5.14 Å². The Morgan fingerprint density at radius 3 is 2.50 bits per heavy atom. The van der Waals surface area contributed by atoms with E-state index in [1.165, 1.54) is 0 Å². The third-order valence-electron chi connectivity index (χ3n) is 1.79. The van der Waals surface area contributed by atoms with E-state index in [2.05, 4.69) is 5.10 Å². The van der Waals surface area contributed by atoms with Gasteiger partial charge in [0.05, 0.1) is 6.20 Å². The molecule has 16 heavy (non-hydrogen) atoms. The highest BCUT2D eigenvalue weighted by atomic mass is 32.2. The molecular formula is C7H10F3N3O2S. The van der Waals surface area contributed by atoms with Gasteiger partial charge in [-0.05, 0) is 6.42 Å². The molecule has 1 aromatic rings. The van der Waals surface area contributed by atoms with Gasteiger partial charge in [-0.25, -0.2) is 13.6 Å². The molecule has 1 heterocycles. The fraction of sp³-hybridized carbons (Fsp3) is 0.571. The van der Waals surface area contributed by atoms with Crippen LogP contribution in [-0.2, 0) is 16.6 Å². The highest BCUT2D eigenvalue weighted by Crippen LogP contribution is 2.21. The first-order valence-electron chi connectivity index (χ1n) is 4.30. The van der Waals surface area contributed by atoms with Crippen LogP contribution < -0.4 is 5.14 Å². The van der Waals surface area contributed by atoms with Gasteiger partial charge in [0.25, 0.3) is 0 Å². The van der Waals surface area contributed by atoms with Crippen molar-refractivity contribution in [1.82, 2.24) is 9.78 Å². The minimum absolute atomic E-state index is 0.00493. The molecule has 0 aromatic carbocycles. The van der Waals surface area contributed by atoms with Crippen LogP contribution in [-0.4, -0.2) is 24.4 Å². The van der Waals surface area contributed by atoms with Crippen LogP contribution in [0.1, 0.15) is 12.8 Å². The lowest BCUT2D eigenvalue weighted by Gasteiger charge is -2.05. The largest absolute Gasteiger partial charge is 0.389 e. The first-order chi connectivity index (χ1) is 7.18. The van der Waals surface area contributed by atoms with Crippen molar-refractivity contribution < 1.29 is 21.6 Å². The summed E-state index contributed by atoms with van der Waals surface area (Å²) in [6.07, 6.45) is -3.20. The summed E-state index contributed by atoms with van der Waals surface area (Å²) >= 11 is 0. The lowest BCUT2D eigenvalue weighted by atomic mass is 10.3. The van der Waals surface area contributed by atoms with E-state index in [0.29, 0.717) is 0 Å². The Morgan fingerprint density at radius 2 is 2.06 bits per heavy atom. The van der Waals surface area contributed by atoms with E-state index in [4.69, 9.17) is 5.14 Å². The van der Waals surface area contributed by atoms with Crippen molar-refractivity contribution in [2.45, 2.75) is 30.5 Å². The first-order valence-corrected chi connectivity index (χ1v) is 5.85. The van der Waals surface area contributed by atoms with E-state index in [-0.39, 0.29) is 17.9 Å². The summed E-state index contributed by atoms with van der Waals surface area (Å²) in [5, 5.41) is 8.40. The van der Waals surface area contributed by atoms with Gasteiger partial charge in [0, 0.05) is 19.2 Å². The Bertz CT molecular complexity index is 452. The van der Waals surface area contributed by atoms with Crippen LogP contribution in [0.2, 0.25) is 0 Å². The molecule has 5 nitrogen and oxygen atoms in total. The van der Waals surface area contributed by atoms with Gasteiger partial charge in [0.1, 0.15) is 4.90 Å². The lowest BCUT2D eigenvalue weighted by molar-refractivity contribution is -0.136. The highest BCUT2D eigenvalue weighted by molar-refractivity contribution is 7.89. The SMILES string of the molecule is NS(=O)(=O)c1cnn(CCCC(F)(F)F)c1. The topological polar surface area (TPSA) is 78.0 Å². The molecule has 1 aromatic heterocycles. The molecule has 0 unspecified atom stereocenters. The minimum Gasteiger partial charge on any atom is -0.271 e. The molecule has 2 N–H and O–H groups in total. The zero-order valence-corrected chi connectivity index (χ0v) is 8.92. The fourth-order valence-electron chi connectivity index (χ4n) is 1.06. The summed E-state index contributed by atoms with van der Waals surface area (Å²) in [5.74, 6) is 0. The van der Waals surface area contributed by atoms with Crippen molar-refractivity contribution in [3.63, 3.8) is 0 Å². The number of aryl methyl sites for hydroxylation is 1. The zero-order valence-electron chi connectivity index (χ0n) is 8.11. The lowest BCUT2D eigenvalue weighted by Crippen LogP contribution is -2.11. The van der Waals surface area contributed by atoms with Gasteiger partial charge >= 0.3 is 6.18 Å². The molecule has 1 rings (SSSR count). The van der Waals surface area contributed by atoms with Crippen LogP contribution in [0.25, 0.3) is 0 Å². The Labute approximate surface area is 90.1 Å². The molecule has 92 valence electrons. The maximum Gasteiger partial charge on any atom is 0.389 e. The van der Waals surface area contributed by atoms with Gasteiger partial charge in [-0.1, -0.05) is 0 Å². The number of rotatable bonds is 4. The standard InChI is InChI=1S/C7H10F3N3O2S/c8-7(9,10)2-1-3-13-5-6(4-12-13)16(11,14)15/h4-5H,1-3H2,(H2,11,14,15). The summed E-state index contributed by atoms with van der Waals surface area (Å²) in [4.78, 5) is -0.209. The molecule has 0 fully saturated rings. The summed E-state index contributed by atoms with van der Waals surface area (Å²) in [7, 11) is -3.84. The van der Waals surface area contributed by atoms with E-state index < -0.39 is 22.6 Å². The maximum atomic E-state index is 11.8. The van der Waals surface area contributed by atoms with Crippen molar-refractivity contribution >= 4 is 10.0 Å². The van der Waals surface area contributed by atoms with Crippen LogP contribution in [0.5, 0.6) is 0 Å². The summed E-state index contributed by atoms with van der Waals surface area (Å²) < 4.78 is 58.2. The molecule has 0 aliphatic heterocycles. The Hall–Kier alpha value is -1.09. The van der Waals surface area contributed by atoms with Gasteiger partial charge < -0.3 is 0 Å². The van der Waals surface area contributed by atoms with Crippen molar-refractivity contribution in [3.8, 4) is 0 Å². The molecule has 0 spiro atoms. The Morgan fingerprint density at radius 1 is 1.44 bits per heavy atom. The first kappa shape index (κ1) is 13.0. The quantitative estimate of drug-likeness (QED) is 0.869. The van der Waals surface area contributed by atoms with E-state index in [0.717, 1.165) is 17.1 Å². The maximum absolute atomic E-state index is 11.8. The average Bonchev–Trinajstić information content (AvgIpc) is 2.49. The number of sulfonamides is 1. The molecule has 0 amide bonds. The molecule has 9 heteroatoms. The molecule has 0 bridgehead atoms. The number of nitrogens with two attached hydrogens (primary N) is 1. The summed E-state index contributed by atoms with van der Waals surface area (Å²) in [6.45, 7) is -0.00493. The number of hydrogen-bond donors (Lipinski definition) is 1. The fourth-order valence-corrected chi connectivity index (χ4v) is 1.52. The second-order valence-corrected chi connectivity index (χ2v) is 4.76. The van der Waals surface area contributed by atoms with Crippen molar-refractivity contribution in [3.05, 3.63) is 12.4 Å². The van der Waals surface area contributed by atoms with Crippen LogP contribution in [0.3, 0.4) is 0 Å². The van der Waals surface area contributed by atoms with Crippen LogP contribution in [0.15, 0.2) is 17.3 Å². The van der Waals surface area contributed by atoms with Crippen LogP contribution in [0, 0.1) is 0 Å². The second-order valence-electron chi connectivity index (χ2n) is 3.20. The second kappa shape index (κ2) is 4.42. The Balaban J connectivity index is 2.54. The Kier molecular flexibility index (Phi) is 3.58. The summed E-state index contributed by atoms with van der Waals surface area (Å²) in [5.41, 5.74) is 0. The highest BCUT2D eigenvalue weighted by Gasteiger charge is 2.26. The number of aromatic nitrogens is 2. The van der Waals surface area contributed by atoms with Gasteiger partial charge in [-0.15, -0.1) is 0 Å². The molecule has 0 saturated heterocycles. The number of nitrogens with zero attached hydrogens (tertiary/aromatic N) is 2. The van der Waals surface area contributed by atoms with Gasteiger partial charge in [0.15, 0.2) is 0 Å². The monoisotopic (exact) mass is 257 g/mol. The third-order valence-corrected chi connectivity index (χ3v) is 2.65. The van der Waals surface area contributed by atoms with Crippen molar-refractivity contribution in [1.29, 1.82) is 0 Å². The zero-order chi connectivity index (χ0) is 12.4. The average molecular weight is 257 g/mol. The number of alkyl halides is 3. The predicted octanol–water partition coefficient (Wildman–Crippen LogP) is 0.873. The number of primary sulfonamides is 1. The number of halogens is 3. The van der Waals surface area contributed by atoms with Crippen LogP contribution in [0.4, 0.5) is 13.2 Å². The third kappa shape index (κ3) is 4.19. The predicted molar refractivity (Wildman–Crippen MR) is 48.9 cm³/mol. The van der Waals surface area contributed by atoms with E-state index in [9.17, 15) is 21.6 Å². The molecule has 0 radical (unpaired) electrons. The van der Waals surface area contributed by atoms with E-state index >= 15 is 0 Å². The van der Waals surface area contributed by atoms with Gasteiger partial charge in [-0.3, -0.25) is 4.68 Å². The smallest absolute Gasteiger partial charge is 0.271 e. The minimum atomic E-state index is -4.21. The van der Waals surface area contributed by atoms with Crippen LogP contribution >= 0.6 is 0 Å². The van der Waals surface area contributed by atoms with E-state index in [1.54, 1.807) is 0 Å². The molecule has 0 aliphatic carbocycles.